The van der Waals surface area contributed by atoms with Crippen molar-refractivity contribution in [3.63, 3.8) is 0 Å². The third-order valence-corrected chi connectivity index (χ3v) is 4.20. The van der Waals surface area contributed by atoms with E-state index in [0.717, 1.165) is 25.6 Å². The van der Waals surface area contributed by atoms with Gasteiger partial charge in [0.05, 0.1) is 16.1 Å². The molecule has 1 fully saturated rings. The van der Waals surface area contributed by atoms with Gasteiger partial charge in [-0.1, -0.05) is 6.92 Å². The standard InChI is InChI=1S/C12H16N2O4S/c1-8-4-5-14(7-8)11-3-2-9(19(13,17)18)6-10(11)12(15)16/h2-3,6,8H,4-5,7H2,1H3,(H,15,16)(H2,13,17,18). The number of rotatable bonds is 3. The lowest BCUT2D eigenvalue weighted by Gasteiger charge is -2.20. The van der Waals surface area contributed by atoms with Crippen LogP contribution in [0, 0.1) is 5.92 Å². The molecule has 1 heterocycles. The first-order valence-electron chi connectivity index (χ1n) is 5.94. The number of benzene rings is 1. The van der Waals surface area contributed by atoms with E-state index in [2.05, 4.69) is 6.92 Å². The van der Waals surface area contributed by atoms with E-state index in [0.29, 0.717) is 11.6 Å². The molecule has 0 radical (unpaired) electrons. The van der Waals surface area contributed by atoms with E-state index in [-0.39, 0.29) is 10.5 Å². The molecule has 0 bridgehead atoms. The van der Waals surface area contributed by atoms with Gasteiger partial charge in [-0.2, -0.15) is 0 Å². The highest BCUT2D eigenvalue weighted by Gasteiger charge is 2.24. The number of carbonyl (C=O) groups is 1. The Morgan fingerprint density at radius 1 is 1.47 bits per heavy atom. The Kier molecular flexibility index (Phi) is 3.51. The number of nitrogens with two attached hydrogens (primary N) is 1. The number of primary sulfonamides is 1. The number of carboxylic acid groups (broad SMARTS) is 1. The maximum absolute atomic E-state index is 11.3. The molecule has 3 N–H and O–H groups in total. The van der Waals surface area contributed by atoms with Crippen molar-refractivity contribution in [3.05, 3.63) is 23.8 Å². The molecule has 1 aromatic carbocycles. The van der Waals surface area contributed by atoms with Crippen molar-refractivity contribution in [1.29, 1.82) is 0 Å². The zero-order chi connectivity index (χ0) is 14.2. The van der Waals surface area contributed by atoms with E-state index in [9.17, 15) is 18.3 Å². The van der Waals surface area contributed by atoms with Crippen LogP contribution >= 0.6 is 0 Å². The number of hydrogen-bond donors (Lipinski definition) is 2. The Balaban J connectivity index is 2.47. The SMILES string of the molecule is CC1CCN(c2ccc(S(N)(=O)=O)cc2C(=O)O)C1. The molecule has 0 aromatic heterocycles. The summed E-state index contributed by atoms with van der Waals surface area (Å²) in [6, 6.07) is 3.98. The number of sulfonamides is 1. The maximum Gasteiger partial charge on any atom is 0.337 e. The van der Waals surface area contributed by atoms with Gasteiger partial charge in [0.2, 0.25) is 10.0 Å². The lowest BCUT2D eigenvalue weighted by molar-refractivity contribution is 0.0697. The van der Waals surface area contributed by atoms with Gasteiger partial charge in [0.15, 0.2) is 0 Å². The maximum atomic E-state index is 11.3. The highest BCUT2D eigenvalue weighted by molar-refractivity contribution is 7.89. The van der Waals surface area contributed by atoms with E-state index in [4.69, 9.17) is 5.14 Å². The summed E-state index contributed by atoms with van der Waals surface area (Å²) in [4.78, 5) is 13.1. The first kappa shape index (κ1) is 13.8. The van der Waals surface area contributed by atoms with Crippen LogP contribution in [0.2, 0.25) is 0 Å². The molecule has 6 nitrogen and oxygen atoms in total. The van der Waals surface area contributed by atoms with Crippen LogP contribution in [0.1, 0.15) is 23.7 Å². The fourth-order valence-electron chi connectivity index (χ4n) is 2.29. The molecule has 2 rings (SSSR count). The second-order valence-corrected chi connectivity index (χ2v) is 6.43. The summed E-state index contributed by atoms with van der Waals surface area (Å²) in [5.41, 5.74) is 0.518. The largest absolute Gasteiger partial charge is 0.478 e. The van der Waals surface area contributed by atoms with Gasteiger partial charge in [-0.05, 0) is 30.5 Å². The zero-order valence-electron chi connectivity index (χ0n) is 10.5. The minimum absolute atomic E-state index is 0.0272. The lowest BCUT2D eigenvalue weighted by Crippen LogP contribution is -2.22. The summed E-state index contributed by atoms with van der Waals surface area (Å²) in [6.07, 6.45) is 0.996. The molecule has 1 saturated heterocycles. The molecule has 0 aliphatic carbocycles. The van der Waals surface area contributed by atoms with Crippen LogP contribution in [0.5, 0.6) is 0 Å². The van der Waals surface area contributed by atoms with Gasteiger partial charge in [0.25, 0.3) is 0 Å². The van der Waals surface area contributed by atoms with E-state index < -0.39 is 16.0 Å². The van der Waals surface area contributed by atoms with E-state index >= 15 is 0 Å². The van der Waals surface area contributed by atoms with Crippen molar-refractivity contribution in [2.45, 2.75) is 18.2 Å². The Morgan fingerprint density at radius 3 is 2.63 bits per heavy atom. The molecular weight excluding hydrogens is 268 g/mol. The average Bonchev–Trinajstić information content (AvgIpc) is 2.73. The van der Waals surface area contributed by atoms with Crippen LogP contribution in [0.3, 0.4) is 0 Å². The third-order valence-electron chi connectivity index (χ3n) is 3.29. The molecule has 1 aromatic rings. The normalized spacial score (nSPS) is 19.7. The van der Waals surface area contributed by atoms with Gasteiger partial charge in [-0.3, -0.25) is 0 Å². The smallest absolute Gasteiger partial charge is 0.337 e. The predicted molar refractivity (Wildman–Crippen MR) is 70.8 cm³/mol. The topological polar surface area (TPSA) is 101 Å². The number of hydrogen-bond acceptors (Lipinski definition) is 4. The second-order valence-electron chi connectivity index (χ2n) is 4.87. The highest BCUT2D eigenvalue weighted by atomic mass is 32.2. The zero-order valence-corrected chi connectivity index (χ0v) is 11.4. The van der Waals surface area contributed by atoms with Crippen LogP contribution in [0.4, 0.5) is 5.69 Å². The summed E-state index contributed by atoms with van der Waals surface area (Å²) in [6.45, 7) is 3.64. The Labute approximate surface area is 111 Å². The molecular formula is C12H16N2O4S. The molecule has 1 atom stereocenters. The van der Waals surface area contributed by atoms with Gasteiger partial charge < -0.3 is 10.0 Å². The fourth-order valence-corrected chi connectivity index (χ4v) is 2.83. The molecule has 104 valence electrons. The quantitative estimate of drug-likeness (QED) is 0.858. The van der Waals surface area contributed by atoms with Crippen molar-refractivity contribution in [2.24, 2.45) is 11.1 Å². The Hall–Kier alpha value is -1.60. The Morgan fingerprint density at radius 2 is 2.16 bits per heavy atom. The van der Waals surface area contributed by atoms with Gasteiger partial charge in [0.1, 0.15) is 0 Å². The summed E-state index contributed by atoms with van der Waals surface area (Å²) in [5.74, 6) is -0.653. The highest BCUT2D eigenvalue weighted by Crippen LogP contribution is 2.28. The van der Waals surface area contributed by atoms with Gasteiger partial charge in [-0.15, -0.1) is 0 Å². The van der Waals surface area contributed by atoms with Crippen LogP contribution in [0.25, 0.3) is 0 Å². The van der Waals surface area contributed by atoms with Crippen LogP contribution in [-0.4, -0.2) is 32.6 Å². The number of aromatic carboxylic acids is 1. The molecule has 0 spiro atoms. The molecule has 0 saturated carbocycles. The van der Waals surface area contributed by atoms with Gasteiger partial charge in [0, 0.05) is 13.1 Å². The van der Waals surface area contributed by atoms with Crippen molar-refractivity contribution >= 4 is 21.7 Å². The number of nitrogens with zero attached hydrogens (tertiary/aromatic N) is 1. The molecule has 1 aliphatic heterocycles. The van der Waals surface area contributed by atoms with Gasteiger partial charge >= 0.3 is 5.97 Å². The molecule has 1 unspecified atom stereocenters. The minimum atomic E-state index is -3.89. The summed E-state index contributed by atoms with van der Waals surface area (Å²) < 4.78 is 22.5. The number of anilines is 1. The van der Waals surface area contributed by atoms with Crippen molar-refractivity contribution < 1.29 is 18.3 Å². The van der Waals surface area contributed by atoms with E-state index in [1.54, 1.807) is 0 Å². The van der Waals surface area contributed by atoms with Crippen molar-refractivity contribution in [1.82, 2.24) is 0 Å². The molecule has 0 amide bonds. The van der Waals surface area contributed by atoms with Crippen LogP contribution in [-0.2, 0) is 10.0 Å². The third kappa shape index (κ3) is 2.87. The van der Waals surface area contributed by atoms with E-state index in [1.165, 1.54) is 12.1 Å². The molecule has 1 aliphatic rings. The predicted octanol–water partition coefficient (Wildman–Crippen LogP) is 0.878. The lowest BCUT2D eigenvalue weighted by atomic mass is 10.1. The monoisotopic (exact) mass is 284 g/mol. The summed E-state index contributed by atoms with van der Waals surface area (Å²) >= 11 is 0. The van der Waals surface area contributed by atoms with E-state index in [1.807, 2.05) is 4.90 Å². The van der Waals surface area contributed by atoms with Crippen LogP contribution < -0.4 is 10.0 Å². The first-order chi connectivity index (χ1) is 8.79. The van der Waals surface area contributed by atoms with Crippen LogP contribution in [0.15, 0.2) is 23.1 Å². The van der Waals surface area contributed by atoms with Crippen molar-refractivity contribution in [3.8, 4) is 0 Å². The minimum Gasteiger partial charge on any atom is -0.478 e. The van der Waals surface area contributed by atoms with Gasteiger partial charge in [-0.25, -0.2) is 18.4 Å². The van der Waals surface area contributed by atoms with Crippen molar-refractivity contribution in [2.75, 3.05) is 18.0 Å². The molecule has 19 heavy (non-hydrogen) atoms. The second kappa shape index (κ2) is 4.82. The number of carboxylic acids is 1. The molecule has 7 heteroatoms. The summed E-state index contributed by atoms with van der Waals surface area (Å²) in [5, 5.41) is 14.2. The first-order valence-corrected chi connectivity index (χ1v) is 7.49. The summed E-state index contributed by atoms with van der Waals surface area (Å²) in [7, 11) is -3.89. The average molecular weight is 284 g/mol. The fraction of sp³-hybridized carbons (Fsp3) is 0.417. The Bertz CT molecular complexity index is 612.